The normalized spacial score (nSPS) is 12.0. The predicted octanol–water partition coefficient (Wildman–Crippen LogP) is 4.50. The van der Waals surface area contributed by atoms with E-state index < -0.39 is 0 Å². The van der Waals surface area contributed by atoms with Gasteiger partial charge < -0.3 is 10.2 Å². The molecule has 0 spiro atoms. The Morgan fingerprint density at radius 3 is 2.62 bits per heavy atom. The molecule has 1 aromatic carbocycles. The first-order valence-corrected chi connectivity index (χ1v) is 7.24. The molecule has 0 amide bonds. The third kappa shape index (κ3) is 3.64. The van der Waals surface area contributed by atoms with Crippen LogP contribution < -0.4 is 10.2 Å². The number of rotatable bonds is 5. The van der Waals surface area contributed by atoms with E-state index >= 15 is 0 Å². The van der Waals surface area contributed by atoms with Crippen molar-refractivity contribution >= 4 is 23.0 Å². The smallest absolute Gasteiger partial charge is 0.141 e. The van der Waals surface area contributed by atoms with Crippen molar-refractivity contribution in [2.45, 2.75) is 19.4 Å². The van der Waals surface area contributed by atoms with Crippen LogP contribution in [0, 0.1) is 5.82 Å². The molecular formula is C16H19ClFN3. The minimum Gasteiger partial charge on any atom is -0.375 e. The second-order valence-electron chi connectivity index (χ2n) is 5.04. The Kier molecular flexibility index (Phi) is 5.02. The maximum absolute atomic E-state index is 13.0. The molecule has 112 valence electrons. The molecule has 21 heavy (non-hydrogen) atoms. The molecule has 0 aliphatic heterocycles. The first-order chi connectivity index (χ1) is 10.0. The minimum absolute atomic E-state index is 0.00256. The highest BCUT2D eigenvalue weighted by molar-refractivity contribution is 6.34. The largest absolute Gasteiger partial charge is 0.375 e. The first-order valence-electron chi connectivity index (χ1n) is 6.86. The molecule has 3 nitrogen and oxygen atoms in total. The number of benzene rings is 1. The number of pyridine rings is 1. The fraction of sp³-hybridized carbons (Fsp3) is 0.312. The van der Waals surface area contributed by atoms with Crippen molar-refractivity contribution in [3.8, 4) is 0 Å². The number of hydrogen-bond donors (Lipinski definition) is 1. The standard InChI is InChI=1S/C16H19ClFN3/c1-4-13(14-9-8-11(18)10-19-14)20-15-7-5-6-12(17)16(15)21(2)3/h5-10,13,20H,4H2,1-3H3. The Morgan fingerprint density at radius 1 is 1.29 bits per heavy atom. The average molecular weight is 308 g/mol. The van der Waals surface area contributed by atoms with E-state index in [1.54, 1.807) is 6.07 Å². The van der Waals surface area contributed by atoms with E-state index in [9.17, 15) is 4.39 Å². The number of nitrogens with one attached hydrogen (secondary N) is 1. The first kappa shape index (κ1) is 15.6. The third-order valence-corrected chi connectivity index (χ3v) is 3.58. The van der Waals surface area contributed by atoms with Gasteiger partial charge in [-0.2, -0.15) is 0 Å². The van der Waals surface area contributed by atoms with Crippen molar-refractivity contribution in [3.63, 3.8) is 0 Å². The van der Waals surface area contributed by atoms with Crippen molar-refractivity contribution in [3.05, 3.63) is 53.1 Å². The van der Waals surface area contributed by atoms with Gasteiger partial charge in [0.1, 0.15) is 5.82 Å². The van der Waals surface area contributed by atoms with Crippen molar-refractivity contribution < 1.29 is 4.39 Å². The van der Waals surface area contributed by atoms with E-state index in [1.165, 1.54) is 12.3 Å². The topological polar surface area (TPSA) is 28.2 Å². The zero-order valence-electron chi connectivity index (χ0n) is 12.4. The fourth-order valence-corrected chi connectivity index (χ4v) is 2.60. The second-order valence-corrected chi connectivity index (χ2v) is 5.44. The molecule has 2 aromatic rings. The van der Waals surface area contributed by atoms with Gasteiger partial charge in [-0.15, -0.1) is 0 Å². The van der Waals surface area contributed by atoms with Gasteiger partial charge in [0, 0.05) is 14.1 Å². The van der Waals surface area contributed by atoms with Crippen LogP contribution in [0.3, 0.4) is 0 Å². The third-order valence-electron chi connectivity index (χ3n) is 3.28. The Bertz CT molecular complexity index is 599. The Labute approximate surface area is 129 Å². The van der Waals surface area contributed by atoms with Crippen LogP contribution in [0.25, 0.3) is 0 Å². The van der Waals surface area contributed by atoms with E-state index in [4.69, 9.17) is 11.6 Å². The highest BCUT2D eigenvalue weighted by Crippen LogP contribution is 2.35. The van der Waals surface area contributed by atoms with E-state index in [0.717, 1.165) is 23.5 Å². The Morgan fingerprint density at radius 2 is 2.05 bits per heavy atom. The number of anilines is 2. The van der Waals surface area contributed by atoms with Crippen LogP contribution in [-0.2, 0) is 0 Å². The van der Waals surface area contributed by atoms with Gasteiger partial charge in [0.15, 0.2) is 0 Å². The summed E-state index contributed by atoms with van der Waals surface area (Å²) in [6, 6.07) is 8.88. The molecule has 0 aliphatic carbocycles. The summed E-state index contributed by atoms with van der Waals surface area (Å²) in [6.45, 7) is 2.06. The van der Waals surface area contributed by atoms with E-state index in [0.29, 0.717) is 5.02 Å². The van der Waals surface area contributed by atoms with Gasteiger partial charge >= 0.3 is 0 Å². The monoisotopic (exact) mass is 307 g/mol. The summed E-state index contributed by atoms with van der Waals surface area (Å²) < 4.78 is 13.0. The highest BCUT2D eigenvalue weighted by atomic mass is 35.5. The average Bonchev–Trinajstić information content (AvgIpc) is 2.45. The van der Waals surface area contributed by atoms with Gasteiger partial charge in [0.25, 0.3) is 0 Å². The molecule has 0 radical (unpaired) electrons. The lowest BCUT2D eigenvalue weighted by atomic mass is 10.1. The molecule has 1 atom stereocenters. The summed E-state index contributed by atoms with van der Waals surface area (Å²) in [5.74, 6) is -0.328. The highest BCUT2D eigenvalue weighted by Gasteiger charge is 2.15. The number of hydrogen-bond acceptors (Lipinski definition) is 3. The van der Waals surface area contributed by atoms with Gasteiger partial charge in [0.05, 0.1) is 34.3 Å². The van der Waals surface area contributed by atoms with Crippen molar-refractivity contribution in [2.75, 3.05) is 24.3 Å². The molecule has 1 aromatic heterocycles. The second kappa shape index (κ2) is 6.76. The van der Waals surface area contributed by atoms with Crippen molar-refractivity contribution in [1.29, 1.82) is 0 Å². The van der Waals surface area contributed by atoms with E-state index in [1.807, 2.05) is 37.2 Å². The van der Waals surface area contributed by atoms with Gasteiger partial charge in [-0.3, -0.25) is 4.98 Å². The zero-order valence-corrected chi connectivity index (χ0v) is 13.2. The number of halogens is 2. The SMILES string of the molecule is CCC(Nc1cccc(Cl)c1N(C)C)c1ccc(F)cn1. The van der Waals surface area contributed by atoms with Crippen LogP contribution in [0.1, 0.15) is 25.1 Å². The predicted molar refractivity (Wildman–Crippen MR) is 86.6 cm³/mol. The van der Waals surface area contributed by atoms with Gasteiger partial charge in [-0.25, -0.2) is 4.39 Å². The summed E-state index contributed by atoms with van der Waals surface area (Å²) in [4.78, 5) is 6.13. The van der Waals surface area contributed by atoms with Crippen molar-refractivity contribution in [2.24, 2.45) is 0 Å². The van der Waals surface area contributed by atoms with Crippen LogP contribution in [-0.4, -0.2) is 19.1 Å². The maximum atomic E-state index is 13.0. The quantitative estimate of drug-likeness (QED) is 0.881. The van der Waals surface area contributed by atoms with Gasteiger partial charge in [0.2, 0.25) is 0 Å². The molecular weight excluding hydrogens is 289 g/mol. The van der Waals surface area contributed by atoms with Gasteiger partial charge in [-0.05, 0) is 30.7 Å². The Balaban J connectivity index is 2.31. The lowest BCUT2D eigenvalue weighted by molar-refractivity contribution is 0.614. The molecule has 1 unspecified atom stereocenters. The van der Waals surface area contributed by atoms with E-state index in [-0.39, 0.29) is 11.9 Å². The lowest BCUT2D eigenvalue weighted by Crippen LogP contribution is -2.16. The summed E-state index contributed by atoms with van der Waals surface area (Å²) >= 11 is 6.27. The fourth-order valence-electron chi connectivity index (χ4n) is 2.25. The minimum atomic E-state index is -0.328. The number of aromatic nitrogens is 1. The molecule has 0 bridgehead atoms. The molecule has 0 saturated carbocycles. The van der Waals surface area contributed by atoms with Crippen LogP contribution in [0.5, 0.6) is 0 Å². The molecule has 2 rings (SSSR count). The van der Waals surface area contributed by atoms with E-state index in [2.05, 4.69) is 17.2 Å². The zero-order chi connectivity index (χ0) is 15.4. The molecule has 1 N–H and O–H groups in total. The van der Waals surface area contributed by atoms with Crippen LogP contribution in [0.2, 0.25) is 5.02 Å². The summed E-state index contributed by atoms with van der Waals surface area (Å²) in [7, 11) is 3.90. The molecule has 0 saturated heterocycles. The molecule has 0 fully saturated rings. The summed E-state index contributed by atoms with van der Waals surface area (Å²) in [5, 5.41) is 4.13. The van der Waals surface area contributed by atoms with Crippen LogP contribution in [0.4, 0.5) is 15.8 Å². The van der Waals surface area contributed by atoms with Crippen LogP contribution in [0.15, 0.2) is 36.5 Å². The molecule has 1 heterocycles. The van der Waals surface area contributed by atoms with Crippen LogP contribution >= 0.6 is 11.6 Å². The lowest BCUT2D eigenvalue weighted by Gasteiger charge is -2.24. The summed E-state index contributed by atoms with van der Waals surface area (Å²) in [6.07, 6.45) is 2.07. The Hall–Kier alpha value is -1.81. The maximum Gasteiger partial charge on any atom is 0.141 e. The van der Waals surface area contributed by atoms with Crippen molar-refractivity contribution in [1.82, 2.24) is 4.98 Å². The summed E-state index contributed by atoms with van der Waals surface area (Å²) in [5.41, 5.74) is 2.67. The number of nitrogens with zero attached hydrogens (tertiary/aromatic N) is 2. The molecule has 0 aliphatic rings. The molecule has 5 heteroatoms. The van der Waals surface area contributed by atoms with Gasteiger partial charge in [-0.1, -0.05) is 24.6 Å². The number of para-hydroxylation sites is 1.